The molecule has 0 atom stereocenters. The van der Waals surface area contributed by atoms with E-state index in [1.165, 1.54) is 32.1 Å². The number of ether oxygens (including phenoxy) is 4. The van der Waals surface area contributed by atoms with Gasteiger partial charge in [0.15, 0.2) is 0 Å². The molecule has 1 aromatic carbocycles. The average Bonchev–Trinajstić information content (AvgIpc) is 2.74. The molecule has 1 N–H and O–H groups in total. The van der Waals surface area contributed by atoms with E-state index in [2.05, 4.69) is 10.2 Å². The number of nitrogens with one attached hydrogen (secondary N) is 1. The van der Waals surface area contributed by atoms with Crippen molar-refractivity contribution in [2.45, 2.75) is 44.2 Å². The smallest absolute Gasteiger partial charge is 0.130 e. The lowest BCUT2D eigenvalue weighted by atomic mass is 9.79. The highest BCUT2D eigenvalue weighted by molar-refractivity contribution is 5.50. The molecule has 0 bridgehead atoms. The van der Waals surface area contributed by atoms with E-state index in [4.69, 9.17) is 18.9 Å². The van der Waals surface area contributed by atoms with Crippen molar-refractivity contribution in [3.63, 3.8) is 0 Å². The highest BCUT2D eigenvalue weighted by atomic mass is 16.5. The molecule has 6 nitrogen and oxygen atoms in total. The fourth-order valence-electron chi connectivity index (χ4n) is 4.52. The van der Waals surface area contributed by atoms with Crippen molar-refractivity contribution in [2.75, 3.05) is 54.2 Å². The Labute approximate surface area is 163 Å². The molecular weight excluding hydrogens is 344 g/mol. The third-order valence-corrected chi connectivity index (χ3v) is 6.04. The van der Waals surface area contributed by atoms with Gasteiger partial charge in [-0.25, -0.2) is 0 Å². The van der Waals surface area contributed by atoms with Crippen molar-refractivity contribution < 1.29 is 18.9 Å². The van der Waals surface area contributed by atoms with E-state index >= 15 is 0 Å². The largest absolute Gasteiger partial charge is 0.496 e. The molecular formula is C21H34N2O4. The van der Waals surface area contributed by atoms with E-state index in [9.17, 15) is 0 Å². The van der Waals surface area contributed by atoms with Crippen LogP contribution in [-0.4, -0.2) is 64.6 Å². The van der Waals surface area contributed by atoms with Gasteiger partial charge in [0.1, 0.15) is 17.2 Å². The standard InChI is InChI=1S/C21H34N2O4/c1-24-17-13-19(25-2)18(20(14-17)26-3)15-22-16-21(7-5-4-6-8-21)23-9-11-27-12-10-23/h13-14,22H,4-12,15-16H2,1-3H3. The number of hydrogen-bond donors (Lipinski definition) is 1. The lowest BCUT2D eigenvalue weighted by molar-refractivity contribution is -0.0369. The predicted octanol–water partition coefficient (Wildman–Crippen LogP) is 2.84. The van der Waals surface area contributed by atoms with Crippen LogP contribution in [0, 0.1) is 0 Å². The third-order valence-electron chi connectivity index (χ3n) is 6.04. The minimum atomic E-state index is 0.245. The Balaban J connectivity index is 1.71. The lowest BCUT2D eigenvalue weighted by Crippen LogP contribution is -2.59. The van der Waals surface area contributed by atoms with Crippen molar-refractivity contribution in [3.8, 4) is 17.2 Å². The third kappa shape index (κ3) is 4.68. The first kappa shape index (κ1) is 20.2. The quantitative estimate of drug-likeness (QED) is 0.751. The summed E-state index contributed by atoms with van der Waals surface area (Å²) >= 11 is 0. The highest BCUT2D eigenvalue weighted by Gasteiger charge is 2.38. The lowest BCUT2D eigenvalue weighted by Gasteiger charge is -2.48. The predicted molar refractivity (Wildman–Crippen MR) is 106 cm³/mol. The van der Waals surface area contributed by atoms with Gasteiger partial charge < -0.3 is 24.3 Å². The van der Waals surface area contributed by atoms with Crippen LogP contribution in [-0.2, 0) is 11.3 Å². The molecule has 1 saturated heterocycles. The number of rotatable bonds is 8. The van der Waals surface area contributed by atoms with Crippen LogP contribution < -0.4 is 19.5 Å². The van der Waals surface area contributed by atoms with Gasteiger partial charge in [0, 0.05) is 43.9 Å². The number of methoxy groups -OCH3 is 3. The molecule has 1 aliphatic heterocycles. The Hall–Kier alpha value is -1.50. The average molecular weight is 379 g/mol. The van der Waals surface area contributed by atoms with Gasteiger partial charge in [0.05, 0.1) is 40.1 Å². The molecule has 0 amide bonds. The van der Waals surface area contributed by atoms with Gasteiger partial charge in [-0.3, -0.25) is 4.90 Å². The van der Waals surface area contributed by atoms with E-state index in [0.29, 0.717) is 6.54 Å². The van der Waals surface area contributed by atoms with Crippen LogP contribution in [0.3, 0.4) is 0 Å². The molecule has 27 heavy (non-hydrogen) atoms. The summed E-state index contributed by atoms with van der Waals surface area (Å²) in [6.07, 6.45) is 6.50. The van der Waals surface area contributed by atoms with E-state index in [-0.39, 0.29) is 5.54 Å². The molecule has 1 heterocycles. The van der Waals surface area contributed by atoms with Crippen molar-refractivity contribution in [2.24, 2.45) is 0 Å². The van der Waals surface area contributed by atoms with Crippen LogP contribution >= 0.6 is 0 Å². The second-order valence-corrected chi connectivity index (χ2v) is 7.50. The monoisotopic (exact) mass is 378 g/mol. The first-order valence-corrected chi connectivity index (χ1v) is 10.0. The van der Waals surface area contributed by atoms with E-state index in [1.54, 1.807) is 21.3 Å². The maximum absolute atomic E-state index is 5.59. The van der Waals surface area contributed by atoms with Crippen LogP contribution in [0.4, 0.5) is 0 Å². The molecule has 2 aliphatic rings. The van der Waals surface area contributed by atoms with E-state index in [1.807, 2.05) is 12.1 Å². The molecule has 1 saturated carbocycles. The summed E-state index contributed by atoms with van der Waals surface area (Å²) in [7, 11) is 5.03. The first-order chi connectivity index (χ1) is 13.2. The Morgan fingerprint density at radius 3 is 2.15 bits per heavy atom. The molecule has 6 heteroatoms. The number of benzene rings is 1. The second kappa shape index (κ2) is 9.62. The van der Waals surface area contributed by atoms with Crippen molar-refractivity contribution in [1.29, 1.82) is 0 Å². The van der Waals surface area contributed by atoms with Gasteiger partial charge in [-0.2, -0.15) is 0 Å². The van der Waals surface area contributed by atoms with Crippen molar-refractivity contribution >= 4 is 0 Å². The molecule has 0 radical (unpaired) electrons. The number of morpholine rings is 1. The molecule has 2 fully saturated rings. The zero-order valence-electron chi connectivity index (χ0n) is 17.0. The van der Waals surface area contributed by atoms with Crippen molar-refractivity contribution in [3.05, 3.63) is 17.7 Å². The van der Waals surface area contributed by atoms with Crippen molar-refractivity contribution in [1.82, 2.24) is 10.2 Å². The van der Waals surface area contributed by atoms with Gasteiger partial charge in [0.2, 0.25) is 0 Å². The van der Waals surface area contributed by atoms with E-state index < -0.39 is 0 Å². The number of hydrogen-bond acceptors (Lipinski definition) is 6. The highest BCUT2D eigenvalue weighted by Crippen LogP contribution is 2.36. The minimum absolute atomic E-state index is 0.245. The number of nitrogens with zero attached hydrogens (tertiary/aromatic N) is 1. The maximum Gasteiger partial charge on any atom is 0.130 e. The van der Waals surface area contributed by atoms with Gasteiger partial charge in [-0.15, -0.1) is 0 Å². The second-order valence-electron chi connectivity index (χ2n) is 7.50. The fraction of sp³-hybridized carbons (Fsp3) is 0.714. The van der Waals surface area contributed by atoms with Crippen LogP contribution in [0.5, 0.6) is 17.2 Å². The molecule has 152 valence electrons. The summed E-state index contributed by atoms with van der Waals surface area (Å²) in [5.74, 6) is 2.33. The van der Waals surface area contributed by atoms with Crippen LogP contribution in [0.2, 0.25) is 0 Å². The molecule has 0 aromatic heterocycles. The normalized spacial score (nSPS) is 20.3. The van der Waals surface area contributed by atoms with Gasteiger partial charge in [-0.05, 0) is 12.8 Å². The fourth-order valence-corrected chi connectivity index (χ4v) is 4.52. The zero-order chi connectivity index (χ0) is 19.1. The molecule has 1 aliphatic carbocycles. The molecule has 0 unspecified atom stereocenters. The van der Waals surface area contributed by atoms with Gasteiger partial charge in [0.25, 0.3) is 0 Å². The Morgan fingerprint density at radius 2 is 1.59 bits per heavy atom. The van der Waals surface area contributed by atoms with Crippen LogP contribution in [0.1, 0.15) is 37.7 Å². The molecule has 0 spiro atoms. The Morgan fingerprint density at radius 1 is 0.963 bits per heavy atom. The Bertz CT molecular complexity index is 571. The summed E-state index contributed by atoms with van der Waals surface area (Å²) in [4.78, 5) is 2.66. The summed E-state index contributed by atoms with van der Waals surface area (Å²) < 4.78 is 22.1. The Kier molecular flexibility index (Phi) is 7.21. The van der Waals surface area contributed by atoms with Gasteiger partial charge in [-0.1, -0.05) is 19.3 Å². The topological polar surface area (TPSA) is 52.2 Å². The molecule has 3 rings (SSSR count). The van der Waals surface area contributed by atoms with E-state index in [0.717, 1.165) is 55.7 Å². The van der Waals surface area contributed by atoms with Crippen LogP contribution in [0.25, 0.3) is 0 Å². The summed E-state index contributed by atoms with van der Waals surface area (Å²) in [6, 6.07) is 3.83. The minimum Gasteiger partial charge on any atom is -0.496 e. The maximum atomic E-state index is 5.59. The summed E-state index contributed by atoms with van der Waals surface area (Å²) in [5, 5.41) is 3.71. The first-order valence-electron chi connectivity index (χ1n) is 10.0. The molecule has 1 aromatic rings. The van der Waals surface area contributed by atoms with Crippen LogP contribution in [0.15, 0.2) is 12.1 Å². The SMILES string of the molecule is COc1cc(OC)c(CNCC2(N3CCOCC3)CCCCC2)c(OC)c1. The van der Waals surface area contributed by atoms with Gasteiger partial charge >= 0.3 is 0 Å². The zero-order valence-corrected chi connectivity index (χ0v) is 17.0. The summed E-state index contributed by atoms with van der Waals surface area (Å²) in [6.45, 7) is 5.46. The summed E-state index contributed by atoms with van der Waals surface area (Å²) in [5.41, 5.74) is 1.28.